The van der Waals surface area contributed by atoms with E-state index in [9.17, 15) is 0 Å². The lowest BCUT2D eigenvalue weighted by Gasteiger charge is -2.02. The van der Waals surface area contributed by atoms with Crippen LogP contribution in [0.4, 0.5) is 0 Å². The first-order valence-electron chi connectivity index (χ1n) is 6.04. The molecule has 0 saturated carbocycles. The largest absolute Gasteiger partial charge is 0.349 e. The molecule has 3 heterocycles. The van der Waals surface area contributed by atoms with Gasteiger partial charge in [-0.15, -0.1) is 0 Å². The summed E-state index contributed by atoms with van der Waals surface area (Å²) in [4.78, 5) is 7.28. The minimum atomic E-state index is 0.828. The van der Waals surface area contributed by atoms with E-state index in [0.717, 1.165) is 30.9 Å². The summed E-state index contributed by atoms with van der Waals surface area (Å²) in [5.41, 5.74) is 2.37. The van der Waals surface area contributed by atoms with Gasteiger partial charge in [-0.25, -0.2) is 9.50 Å². The van der Waals surface area contributed by atoms with Crippen LogP contribution in [0, 0.1) is 0 Å². The summed E-state index contributed by atoms with van der Waals surface area (Å²) in [6.07, 6.45) is 8.41. The number of imidazole rings is 1. The number of hydrogen-bond donors (Lipinski definition) is 2. The Morgan fingerprint density at radius 3 is 3.22 bits per heavy atom. The number of nitrogens with zero attached hydrogens (tertiary/aromatic N) is 3. The second-order valence-corrected chi connectivity index (χ2v) is 4.16. The number of fused-ring (bicyclic) bond motifs is 1. The van der Waals surface area contributed by atoms with Gasteiger partial charge >= 0.3 is 0 Å². The minimum Gasteiger partial charge on any atom is -0.349 e. The van der Waals surface area contributed by atoms with E-state index in [1.54, 1.807) is 6.20 Å². The SMILES string of the molecule is c1ccn2ncc(CNCCc3ncc[nH]3)c2c1. The van der Waals surface area contributed by atoms with Gasteiger partial charge in [-0.05, 0) is 12.1 Å². The van der Waals surface area contributed by atoms with Gasteiger partial charge in [0.1, 0.15) is 5.82 Å². The van der Waals surface area contributed by atoms with Gasteiger partial charge in [-0.3, -0.25) is 0 Å². The molecule has 0 atom stereocenters. The molecule has 18 heavy (non-hydrogen) atoms. The second kappa shape index (κ2) is 5.01. The molecule has 0 fully saturated rings. The average Bonchev–Trinajstić information content (AvgIpc) is 3.04. The Morgan fingerprint density at radius 1 is 1.33 bits per heavy atom. The summed E-state index contributed by atoms with van der Waals surface area (Å²) < 4.78 is 1.89. The third-order valence-electron chi connectivity index (χ3n) is 2.92. The van der Waals surface area contributed by atoms with E-state index in [1.165, 1.54) is 5.56 Å². The molecule has 0 aliphatic rings. The van der Waals surface area contributed by atoms with Gasteiger partial charge in [0.2, 0.25) is 0 Å². The van der Waals surface area contributed by atoms with E-state index in [0.29, 0.717) is 0 Å². The molecule has 0 radical (unpaired) electrons. The first kappa shape index (κ1) is 11.0. The predicted octanol–water partition coefficient (Wildman–Crippen LogP) is 1.39. The number of nitrogens with one attached hydrogen (secondary N) is 2. The zero-order valence-corrected chi connectivity index (χ0v) is 10.0. The Bertz CT molecular complexity index is 611. The van der Waals surface area contributed by atoms with Crippen LogP contribution in [-0.2, 0) is 13.0 Å². The van der Waals surface area contributed by atoms with Crippen LogP contribution >= 0.6 is 0 Å². The molecule has 3 aromatic heterocycles. The van der Waals surface area contributed by atoms with Crippen LogP contribution in [0.2, 0.25) is 0 Å². The highest BCUT2D eigenvalue weighted by Gasteiger charge is 2.02. The van der Waals surface area contributed by atoms with Crippen molar-refractivity contribution in [3.05, 3.63) is 54.4 Å². The highest BCUT2D eigenvalue weighted by molar-refractivity contribution is 5.53. The van der Waals surface area contributed by atoms with Gasteiger partial charge in [-0.2, -0.15) is 5.10 Å². The summed E-state index contributed by atoms with van der Waals surface area (Å²) in [6, 6.07) is 6.09. The summed E-state index contributed by atoms with van der Waals surface area (Å²) in [5.74, 6) is 1.02. The van der Waals surface area contributed by atoms with Gasteiger partial charge in [0.25, 0.3) is 0 Å². The van der Waals surface area contributed by atoms with Gasteiger partial charge < -0.3 is 10.3 Å². The lowest BCUT2D eigenvalue weighted by molar-refractivity contribution is 0.676. The molecule has 5 nitrogen and oxygen atoms in total. The predicted molar refractivity (Wildman–Crippen MR) is 69.2 cm³/mol. The zero-order valence-electron chi connectivity index (χ0n) is 10.0. The van der Waals surface area contributed by atoms with Crippen LogP contribution < -0.4 is 5.32 Å². The standard InChI is InChI=1S/C13H15N5/c1-2-8-18-12(3-1)11(10-17-18)9-14-5-4-13-15-6-7-16-13/h1-3,6-8,10,14H,4-5,9H2,(H,15,16). The number of rotatable bonds is 5. The van der Waals surface area contributed by atoms with E-state index in [4.69, 9.17) is 0 Å². The zero-order chi connectivity index (χ0) is 12.2. The molecular weight excluding hydrogens is 226 g/mol. The number of H-pyrrole nitrogens is 1. The van der Waals surface area contributed by atoms with Crippen molar-refractivity contribution < 1.29 is 0 Å². The summed E-state index contributed by atoms with van der Waals surface area (Å²) in [6.45, 7) is 1.73. The van der Waals surface area contributed by atoms with Crippen molar-refractivity contribution in [1.29, 1.82) is 0 Å². The molecule has 0 saturated heterocycles. The molecule has 0 amide bonds. The van der Waals surface area contributed by atoms with Crippen molar-refractivity contribution >= 4 is 5.52 Å². The third-order valence-corrected chi connectivity index (χ3v) is 2.92. The number of pyridine rings is 1. The van der Waals surface area contributed by atoms with E-state index in [2.05, 4.69) is 26.4 Å². The Kier molecular flexibility index (Phi) is 3.06. The van der Waals surface area contributed by atoms with E-state index >= 15 is 0 Å². The molecule has 5 heteroatoms. The van der Waals surface area contributed by atoms with Crippen LogP contribution in [0.25, 0.3) is 5.52 Å². The van der Waals surface area contributed by atoms with Crippen LogP contribution in [-0.4, -0.2) is 26.1 Å². The van der Waals surface area contributed by atoms with E-state index < -0.39 is 0 Å². The number of aromatic amines is 1. The molecule has 92 valence electrons. The van der Waals surface area contributed by atoms with Gasteiger partial charge in [0, 0.05) is 43.7 Å². The Labute approximate surface area is 105 Å². The Morgan fingerprint density at radius 2 is 2.33 bits per heavy atom. The van der Waals surface area contributed by atoms with Crippen molar-refractivity contribution in [2.45, 2.75) is 13.0 Å². The number of aromatic nitrogens is 4. The maximum absolute atomic E-state index is 4.31. The quantitative estimate of drug-likeness (QED) is 0.664. The molecule has 2 N–H and O–H groups in total. The van der Waals surface area contributed by atoms with Crippen LogP contribution in [0.3, 0.4) is 0 Å². The molecule has 0 unspecified atom stereocenters. The molecule has 0 aliphatic carbocycles. The molecule has 3 aromatic rings. The fraction of sp³-hybridized carbons (Fsp3) is 0.231. The maximum atomic E-state index is 4.31. The summed E-state index contributed by atoms with van der Waals surface area (Å²) in [7, 11) is 0. The maximum Gasteiger partial charge on any atom is 0.107 e. The monoisotopic (exact) mass is 241 g/mol. The van der Waals surface area contributed by atoms with E-state index in [-0.39, 0.29) is 0 Å². The minimum absolute atomic E-state index is 0.828. The van der Waals surface area contributed by atoms with Gasteiger partial charge in [-0.1, -0.05) is 6.07 Å². The first-order chi connectivity index (χ1) is 8.93. The van der Waals surface area contributed by atoms with Gasteiger partial charge in [0.05, 0.1) is 11.7 Å². The average molecular weight is 241 g/mol. The van der Waals surface area contributed by atoms with Crippen molar-refractivity contribution in [1.82, 2.24) is 24.9 Å². The van der Waals surface area contributed by atoms with Crippen LogP contribution in [0.5, 0.6) is 0 Å². The third kappa shape index (κ3) is 2.26. The lowest BCUT2D eigenvalue weighted by Crippen LogP contribution is -2.17. The van der Waals surface area contributed by atoms with Crippen LogP contribution in [0.15, 0.2) is 43.0 Å². The Balaban J connectivity index is 1.57. The smallest absolute Gasteiger partial charge is 0.107 e. The molecule has 3 rings (SSSR count). The van der Waals surface area contributed by atoms with Crippen molar-refractivity contribution in [3.63, 3.8) is 0 Å². The number of hydrogen-bond acceptors (Lipinski definition) is 3. The molecule has 0 aromatic carbocycles. The summed E-state index contributed by atoms with van der Waals surface area (Å²) in [5, 5.41) is 7.71. The lowest BCUT2D eigenvalue weighted by atomic mass is 10.2. The van der Waals surface area contributed by atoms with E-state index in [1.807, 2.05) is 35.2 Å². The fourth-order valence-electron chi connectivity index (χ4n) is 1.99. The highest BCUT2D eigenvalue weighted by atomic mass is 15.2. The molecule has 0 aliphatic heterocycles. The molecular formula is C13H15N5. The topological polar surface area (TPSA) is 58.0 Å². The van der Waals surface area contributed by atoms with Crippen molar-refractivity contribution in [2.75, 3.05) is 6.54 Å². The molecule has 0 bridgehead atoms. The molecule has 0 spiro atoms. The van der Waals surface area contributed by atoms with Crippen molar-refractivity contribution in [3.8, 4) is 0 Å². The fourth-order valence-corrected chi connectivity index (χ4v) is 1.99. The highest BCUT2D eigenvalue weighted by Crippen LogP contribution is 2.09. The second-order valence-electron chi connectivity index (χ2n) is 4.16. The van der Waals surface area contributed by atoms with Crippen LogP contribution in [0.1, 0.15) is 11.4 Å². The summed E-state index contributed by atoms with van der Waals surface area (Å²) >= 11 is 0. The first-order valence-corrected chi connectivity index (χ1v) is 6.04. The Hall–Kier alpha value is -2.14. The van der Waals surface area contributed by atoms with Gasteiger partial charge in [0.15, 0.2) is 0 Å². The normalized spacial score (nSPS) is 11.1. The van der Waals surface area contributed by atoms with Crippen molar-refractivity contribution in [2.24, 2.45) is 0 Å².